The van der Waals surface area contributed by atoms with Crippen molar-refractivity contribution in [2.45, 2.75) is 37.9 Å². The Bertz CT molecular complexity index is 440. The third-order valence-corrected chi connectivity index (χ3v) is 4.60. The largest absolute Gasteiger partial charge is 0.493 e. The molecule has 0 radical (unpaired) electrons. The predicted octanol–water partition coefficient (Wildman–Crippen LogP) is 4.50. The number of halogens is 1. The van der Waals surface area contributed by atoms with Crippen LogP contribution in [-0.2, 0) is 6.42 Å². The minimum Gasteiger partial charge on any atom is -0.493 e. The van der Waals surface area contributed by atoms with Crippen molar-refractivity contribution in [2.24, 2.45) is 5.41 Å². The fourth-order valence-electron chi connectivity index (χ4n) is 2.62. The Hall–Kier alpha value is -0.700. The van der Waals surface area contributed by atoms with Gasteiger partial charge < -0.3 is 9.47 Å². The molecule has 0 saturated heterocycles. The van der Waals surface area contributed by atoms with Crippen LogP contribution in [0.3, 0.4) is 0 Å². The molecule has 18 heavy (non-hydrogen) atoms. The van der Waals surface area contributed by atoms with Gasteiger partial charge in [0.15, 0.2) is 11.5 Å². The average molecular weight is 313 g/mol. The summed E-state index contributed by atoms with van der Waals surface area (Å²) in [5.74, 6) is 1.65. The van der Waals surface area contributed by atoms with Gasteiger partial charge in [-0.2, -0.15) is 0 Å². The zero-order valence-electron chi connectivity index (χ0n) is 11.5. The molecular weight excluding hydrogens is 292 g/mol. The van der Waals surface area contributed by atoms with E-state index < -0.39 is 0 Å². The van der Waals surface area contributed by atoms with Crippen LogP contribution in [0.25, 0.3) is 0 Å². The van der Waals surface area contributed by atoms with Crippen molar-refractivity contribution in [3.63, 3.8) is 0 Å². The Balaban J connectivity index is 2.46. The molecule has 2 rings (SSSR count). The maximum atomic E-state index is 5.40. The molecule has 0 amide bonds. The van der Waals surface area contributed by atoms with Crippen molar-refractivity contribution in [1.82, 2.24) is 0 Å². The summed E-state index contributed by atoms with van der Waals surface area (Å²) in [7, 11) is 3.38. The van der Waals surface area contributed by atoms with E-state index in [-0.39, 0.29) is 0 Å². The Kier molecular flexibility index (Phi) is 3.90. The van der Waals surface area contributed by atoms with Crippen molar-refractivity contribution in [1.29, 1.82) is 0 Å². The molecule has 2 nitrogen and oxygen atoms in total. The van der Waals surface area contributed by atoms with Crippen LogP contribution in [0.1, 0.15) is 42.6 Å². The quantitative estimate of drug-likeness (QED) is 0.591. The van der Waals surface area contributed by atoms with E-state index in [0.29, 0.717) is 10.2 Å². The normalized spacial score (nSPS) is 21.9. The number of aryl methyl sites for hydroxylation is 1. The van der Waals surface area contributed by atoms with E-state index in [0.717, 1.165) is 24.3 Å². The molecule has 0 bridgehead atoms. The van der Waals surface area contributed by atoms with E-state index in [2.05, 4.69) is 41.9 Å². The minimum absolute atomic E-state index is 0.369. The van der Waals surface area contributed by atoms with Crippen molar-refractivity contribution in [3.8, 4) is 11.5 Å². The molecule has 0 aromatic heterocycles. The lowest BCUT2D eigenvalue weighted by Crippen LogP contribution is -2.11. The summed E-state index contributed by atoms with van der Waals surface area (Å²) < 4.78 is 10.8. The van der Waals surface area contributed by atoms with Gasteiger partial charge in [-0.05, 0) is 47.9 Å². The summed E-state index contributed by atoms with van der Waals surface area (Å²) in [6, 6.07) is 4.25. The van der Waals surface area contributed by atoms with Crippen LogP contribution in [0, 0.1) is 5.41 Å². The third kappa shape index (κ3) is 2.66. The second kappa shape index (κ2) is 5.12. The Morgan fingerprint density at radius 3 is 2.39 bits per heavy atom. The molecule has 1 aromatic rings. The van der Waals surface area contributed by atoms with Gasteiger partial charge >= 0.3 is 0 Å². The maximum absolute atomic E-state index is 5.40. The van der Waals surface area contributed by atoms with Crippen molar-refractivity contribution < 1.29 is 9.47 Å². The lowest BCUT2D eigenvalue weighted by Gasteiger charge is -2.24. The number of rotatable bonds is 2. The van der Waals surface area contributed by atoms with Crippen LogP contribution in [-0.4, -0.2) is 14.2 Å². The van der Waals surface area contributed by atoms with Gasteiger partial charge in [-0.25, -0.2) is 0 Å². The smallest absolute Gasteiger partial charge is 0.161 e. The number of alkyl halides is 1. The molecule has 0 N–H and O–H groups in total. The highest BCUT2D eigenvalue weighted by molar-refractivity contribution is 9.09. The van der Waals surface area contributed by atoms with Crippen LogP contribution in [0.2, 0.25) is 0 Å². The number of hydrogen-bond acceptors (Lipinski definition) is 2. The molecule has 0 saturated carbocycles. The summed E-state index contributed by atoms with van der Waals surface area (Å²) in [4.78, 5) is 0.393. The Labute approximate surface area is 118 Å². The first-order valence-corrected chi connectivity index (χ1v) is 7.27. The van der Waals surface area contributed by atoms with Gasteiger partial charge in [0.2, 0.25) is 0 Å². The standard InChI is InChI=1S/C15H21BrO2/c1-15(2)6-5-10-7-13(17-3)14(18-4)8-11(10)12(16)9-15/h7-8,12H,5-6,9H2,1-4H3. The van der Waals surface area contributed by atoms with E-state index >= 15 is 0 Å². The maximum Gasteiger partial charge on any atom is 0.161 e. The van der Waals surface area contributed by atoms with Crippen molar-refractivity contribution >= 4 is 15.9 Å². The summed E-state index contributed by atoms with van der Waals surface area (Å²) in [6.07, 6.45) is 3.46. The topological polar surface area (TPSA) is 18.5 Å². The predicted molar refractivity (Wildman–Crippen MR) is 77.9 cm³/mol. The van der Waals surface area contributed by atoms with Gasteiger partial charge in [0, 0.05) is 4.83 Å². The summed E-state index contributed by atoms with van der Waals surface area (Å²) in [5.41, 5.74) is 3.09. The number of hydrogen-bond donors (Lipinski definition) is 0. The van der Waals surface area contributed by atoms with E-state index in [1.165, 1.54) is 17.5 Å². The minimum atomic E-state index is 0.369. The average Bonchev–Trinajstić information content (AvgIpc) is 2.44. The molecule has 1 unspecified atom stereocenters. The van der Waals surface area contributed by atoms with Crippen LogP contribution in [0.4, 0.5) is 0 Å². The fraction of sp³-hybridized carbons (Fsp3) is 0.600. The summed E-state index contributed by atoms with van der Waals surface area (Å²) >= 11 is 3.83. The molecule has 100 valence electrons. The molecule has 1 atom stereocenters. The Morgan fingerprint density at radius 2 is 1.78 bits per heavy atom. The van der Waals surface area contributed by atoms with E-state index in [9.17, 15) is 0 Å². The van der Waals surface area contributed by atoms with E-state index in [1.54, 1.807) is 14.2 Å². The first-order chi connectivity index (χ1) is 8.46. The lowest BCUT2D eigenvalue weighted by molar-refractivity contribution is 0.316. The van der Waals surface area contributed by atoms with Gasteiger partial charge in [-0.15, -0.1) is 0 Å². The highest BCUT2D eigenvalue weighted by Gasteiger charge is 2.29. The van der Waals surface area contributed by atoms with Gasteiger partial charge in [-0.1, -0.05) is 29.8 Å². The SMILES string of the molecule is COc1cc2c(cc1OC)C(Br)CC(C)(C)CC2. The van der Waals surface area contributed by atoms with Crippen LogP contribution in [0.15, 0.2) is 12.1 Å². The summed E-state index contributed by atoms with van der Waals surface area (Å²) in [6.45, 7) is 4.67. The second-order valence-corrected chi connectivity index (χ2v) is 6.85. The van der Waals surface area contributed by atoms with Crippen LogP contribution < -0.4 is 9.47 Å². The molecule has 1 aromatic carbocycles. The van der Waals surface area contributed by atoms with Crippen LogP contribution >= 0.6 is 15.9 Å². The fourth-order valence-corrected chi connectivity index (χ4v) is 3.92. The monoisotopic (exact) mass is 312 g/mol. The van der Waals surface area contributed by atoms with Crippen molar-refractivity contribution in [2.75, 3.05) is 14.2 Å². The molecule has 0 aliphatic heterocycles. The second-order valence-electron chi connectivity index (χ2n) is 5.74. The zero-order valence-corrected chi connectivity index (χ0v) is 13.1. The molecule has 1 aliphatic carbocycles. The number of ether oxygens (including phenoxy) is 2. The molecule has 0 spiro atoms. The first-order valence-electron chi connectivity index (χ1n) is 6.36. The number of benzene rings is 1. The van der Waals surface area contributed by atoms with E-state index in [1.807, 2.05) is 0 Å². The number of fused-ring (bicyclic) bond motifs is 1. The molecule has 1 aliphatic rings. The zero-order chi connectivity index (χ0) is 13.3. The van der Waals surface area contributed by atoms with Crippen molar-refractivity contribution in [3.05, 3.63) is 23.3 Å². The molecule has 3 heteroatoms. The highest BCUT2D eigenvalue weighted by Crippen LogP contribution is 2.46. The Morgan fingerprint density at radius 1 is 1.17 bits per heavy atom. The third-order valence-electron chi connectivity index (χ3n) is 3.79. The van der Waals surface area contributed by atoms with Gasteiger partial charge in [0.05, 0.1) is 14.2 Å². The highest BCUT2D eigenvalue weighted by atomic mass is 79.9. The van der Waals surface area contributed by atoms with Gasteiger partial charge in [0.25, 0.3) is 0 Å². The molecular formula is C15H21BrO2. The molecule has 0 heterocycles. The lowest BCUT2D eigenvalue weighted by atomic mass is 9.84. The summed E-state index contributed by atoms with van der Waals surface area (Å²) in [5, 5.41) is 0. The molecule has 0 fully saturated rings. The number of methoxy groups -OCH3 is 2. The van der Waals surface area contributed by atoms with Crippen LogP contribution in [0.5, 0.6) is 11.5 Å². The van der Waals surface area contributed by atoms with E-state index in [4.69, 9.17) is 9.47 Å². The van der Waals surface area contributed by atoms with Gasteiger partial charge in [0.1, 0.15) is 0 Å². The first kappa shape index (κ1) is 13.7. The van der Waals surface area contributed by atoms with Gasteiger partial charge in [-0.3, -0.25) is 0 Å².